The molecule has 0 aliphatic heterocycles. The van der Waals surface area contributed by atoms with Crippen molar-refractivity contribution in [3.63, 3.8) is 0 Å². The van der Waals surface area contributed by atoms with E-state index in [-0.39, 0.29) is 27.0 Å². The fourth-order valence-electron chi connectivity index (χ4n) is 1.58. The summed E-state index contributed by atoms with van der Waals surface area (Å²) in [6.45, 7) is 1.67. The molecule has 0 saturated carbocycles. The maximum atomic E-state index is 12.3. The van der Waals surface area contributed by atoms with Gasteiger partial charge in [0, 0.05) is 6.07 Å². The van der Waals surface area contributed by atoms with Crippen LogP contribution in [0.2, 0.25) is 0 Å². The number of rotatable bonds is 2. The standard InChI is InChI=1S/C13H13NO4S/c1-8-2-3-9(6-12(8)15)19(17,18)10-4-5-11(14)13(16)7-10/h2-7,15-16H,14H2,1H3. The van der Waals surface area contributed by atoms with E-state index in [1.54, 1.807) is 6.92 Å². The van der Waals surface area contributed by atoms with E-state index in [0.717, 1.165) is 6.07 Å². The quantitative estimate of drug-likeness (QED) is 0.575. The predicted octanol–water partition coefficient (Wildman–Crippen LogP) is 1.82. The van der Waals surface area contributed by atoms with Crippen LogP contribution in [-0.2, 0) is 9.84 Å². The van der Waals surface area contributed by atoms with Gasteiger partial charge in [0.05, 0.1) is 15.5 Å². The molecule has 0 spiro atoms. The molecule has 2 aromatic carbocycles. The highest BCUT2D eigenvalue weighted by atomic mass is 32.2. The van der Waals surface area contributed by atoms with Crippen LogP contribution in [0.1, 0.15) is 5.56 Å². The van der Waals surface area contributed by atoms with Crippen molar-refractivity contribution < 1.29 is 18.6 Å². The summed E-state index contributed by atoms with van der Waals surface area (Å²) in [4.78, 5) is -0.123. The number of nitrogens with two attached hydrogens (primary N) is 1. The van der Waals surface area contributed by atoms with Crippen molar-refractivity contribution in [2.45, 2.75) is 16.7 Å². The number of aryl methyl sites for hydroxylation is 1. The van der Waals surface area contributed by atoms with Gasteiger partial charge in [0.2, 0.25) is 9.84 Å². The van der Waals surface area contributed by atoms with Crippen molar-refractivity contribution in [3.8, 4) is 11.5 Å². The maximum absolute atomic E-state index is 12.3. The van der Waals surface area contributed by atoms with Gasteiger partial charge in [0.1, 0.15) is 11.5 Å². The van der Waals surface area contributed by atoms with Crippen molar-refractivity contribution in [1.82, 2.24) is 0 Å². The molecule has 0 atom stereocenters. The first-order chi connectivity index (χ1) is 8.82. The van der Waals surface area contributed by atoms with Gasteiger partial charge >= 0.3 is 0 Å². The van der Waals surface area contributed by atoms with E-state index in [4.69, 9.17) is 5.73 Å². The molecular formula is C13H13NO4S. The van der Waals surface area contributed by atoms with Crippen LogP contribution in [0.4, 0.5) is 5.69 Å². The van der Waals surface area contributed by atoms with Crippen LogP contribution in [0.15, 0.2) is 46.2 Å². The molecule has 0 fully saturated rings. The fourth-order valence-corrected chi connectivity index (χ4v) is 2.88. The number of nitrogen functional groups attached to an aromatic ring is 1. The summed E-state index contributed by atoms with van der Waals surface area (Å²) in [7, 11) is -3.79. The molecule has 2 aromatic rings. The number of sulfone groups is 1. The van der Waals surface area contributed by atoms with E-state index >= 15 is 0 Å². The molecule has 0 heterocycles. The number of benzene rings is 2. The lowest BCUT2D eigenvalue weighted by Gasteiger charge is -2.07. The van der Waals surface area contributed by atoms with Gasteiger partial charge in [-0.15, -0.1) is 0 Å². The Balaban J connectivity index is 2.58. The number of anilines is 1. The van der Waals surface area contributed by atoms with Crippen molar-refractivity contribution in [3.05, 3.63) is 42.0 Å². The Hall–Kier alpha value is -2.21. The second-order valence-corrected chi connectivity index (χ2v) is 6.12. The van der Waals surface area contributed by atoms with Gasteiger partial charge in [-0.1, -0.05) is 6.07 Å². The Morgan fingerprint density at radius 3 is 2.00 bits per heavy atom. The van der Waals surface area contributed by atoms with Gasteiger partial charge in [-0.3, -0.25) is 0 Å². The lowest BCUT2D eigenvalue weighted by molar-refractivity contribution is 0.469. The normalized spacial score (nSPS) is 11.4. The Morgan fingerprint density at radius 2 is 1.47 bits per heavy atom. The highest BCUT2D eigenvalue weighted by Gasteiger charge is 2.19. The fraction of sp³-hybridized carbons (Fsp3) is 0.0769. The molecule has 0 aromatic heterocycles. The molecule has 0 saturated heterocycles. The zero-order valence-corrected chi connectivity index (χ0v) is 11.0. The van der Waals surface area contributed by atoms with E-state index in [1.165, 1.54) is 30.3 Å². The van der Waals surface area contributed by atoms with Crippen LogP contribution in [0, 0.1) is 6.92 Å². The van der Waals surface area contributed by atoms with Gasteiger partial charge in [0.25, 0.3) is 0 Å². The van der Waals surface area contributed by atoms with Crippen LogP contribution in [0.3, 0.4) is 0 Å². The Labute approximate surface area is 110 Å². The summed E-state index contributed by atoms with van der Waals surface area (Å²) in [5, 5.41) is 19.0. The van der Waals surface area contributed by atoms with Crippen LogP contribution >= 0.6 is 0 Å². The number of phenolic OH excluding ortho intramolecular Hbond substituents is 2. The minimum Gasteiger partial charge on any atom is -0.508 e. The summed E-state index contributed by atoms with van der Waals surface area (Å²) in [6, 6.07) is 7.80. The van der Waals surface area contributed by atoms with E-state index in [0.29, 0.717) is 5.56 Å². The third-order valence-electron chi connectivity index (χ3n) is 2.80. The second-order valence-electron chi connectivity index (χ2n) is 4.17. The molecule has 6 heteroatoms. The van der Waals surface area contributed by atoms with E-state index in [2.05, 4.69) is 0 Å². The second kappa shape index (κ2) is 4.47. The largest absolute Gasteiger partial charge is 0.508 e. The molecule has 0 unspecified atom stereocenters. The molecule has 0 aliphatic rings. The SMILES string of the molecule is Cc1ccc(S(=O)(=O)c2ccc(N)c(O)c2)cc1O. The molecule has 100 valence electrons. The van der Waals surface area contributed by atoms with Crippen molar-refractivity contribution in [1.29, 1.82) is 0 Å². The summed E-state index contributed by atoms with van der Waals surface area (Å²) >= 11 is 0. The Kier molecular flexibility index (Phi) is 3.11. The summed E-state index contributed by atoms with van der Waals surface area (Å²) in [5.74, 6) is -0.391. The van der Waals surface area contributed by atoms with Gasteiger partial charge in [-0.25, -0.2) is 8.42 Å². The van der Waals surface area contributed by atoms with E-state index < -0.39 is 9.84 Å². The number of hydrogen-bond acceptors (Lipinski definition) is 5. The van der Waals surface area contributed by atoms with E-state index in [1.807, 2.05) is 0 Å². The highest BCUT2D eigenvalue weighted by molar-refractivity contribution is 7.91. The third-order valence-corrected chi connectivity index (χ3v) is 4.55. The van der Waals surface area contributed by atoms with Crippen LogP contribution in [-0.4, -0.2) is 18.6 Å². The minimum absolute atomic E-state index is 0.0419. The monoisotopic (exact) mass is 279 g/mol. The van der Waals surface area contributed by atoms with Crippen LogP contribution < -0.4 is 5.73 Å². The summed E-state index contributed by atoms with van der Waals surface area (Å²) in [6.07, 6.45) is 0. The maximum Gasteiger partial charge on any atom is 0.206 e. The molecule has 5 nitrogen and oxygen atoms in total. The highest BCUT2D eigenvalue weighted by Crippen LogP contribution is 2.29. The molecule has 0 bridgehead atoms. The van der Waals surface area contributed by atoms with Gasteiger partial charge in [0.15, 0.2) is 0 Å². The molecular weight excluding hydrogens is 266 g/mol. The predicted molar refractivity (Wildman–Crippen MR) is 70.8 cm³/mol. The van der Waals surface area contributed by atoms with Crippen LogP contribution in [0.25, 0.3) is 0 Å². The van der Waals surface area contributed by atoms with Crippen molar-refractivity contribution in [2.24, 2.45) is 0 Å². The molecule has 19 heavy (non-hydrogen) atoms. The average molecular weight is 279 g/mol. The first-order valence-electron chi connectivity index (χ1n) is 5.45. The zero-order chi connectivity index (χ0) is 14.2. The lowest BCUT2D eigenvalue weighted by Crippen LogP contribution is -2.02. The third kappa shape index (κ3) is 2.34. The summed E-state index contributed by atoms with van der Waals surface area (Å²) in [5.41, 5.74) is 6.11. The van der Waals surface area contributed by atoms with Crippen LogP contribution in [0.5, 0.6) is 11.5 Å². The van der Waals surface area contributed by atoms with Gasteiger partial charge in [-0.2, -0.15) is 0 Å². The lowest BCUT2D eigenvalue weighted by atomic mass is 10.2. The number of hydrogen-bond donors (Lipinski definition) is 3. The molecule has 2 rings (SSSR count). The summed E-state index contributed by atoms with van der Waals surface area (Å²) < 4.78 is 24.6. The first-order valence-corrected chi connectivity index (χ1v) is 6.94. The van der Waals surface area contributed by atoms with Gasteiger partial charge < -0.3 is 15.9 Å². The Bertz CT molecular complexity index is 681. The molecule has 4 N–H and O–H groups in total. The smallest absolute Gasteiger partial charge is 0.206 e. The molecule has 0 radical (unpaired) electrons. The van der Waals surface area contributed by atoms with E-state index in [9.17, 15) is 18.6 Å². The topological polar surface area (TPSA) is 101 Å². The minimum atomic E-state index is -3.79. The number of phenols is 2. The molecule has 0 amide bonds. The number of aromatic hydroxyl groups is 2. The molecule has 0 aliphatic carbocycles. The first kappa shape index (κ1) is 13.2. The average Bonchev–Trinajstić information content (AvgIpc) is 2.35. The Morgan fingerprint density at radius 1 is 0.947 bits per heavy atom. The van der Waals surface area contributed by atoms with Crippen molar-refractivity contribution >= 4 is 15.5 Å². The zero-order valence-electron chi connectivity index (χ0n) is 10.2. The van der Waals surface area contributed by atoms with Crippen molar-refractivity contribution in [2.75, 3.05) is 5.73 Å². The van der Waals surface area contributed by atoms with Gasteiger partial charge in [-0.05, 0) is 36.8 Å².